The van der Waals surface area contributed by atoms with Crippen molar-refractivity contribution in [2.75, 3.05) is 26.4 Å². The molecule has 2 aliphatic rings. The summed E-state index contributed by atoms with van der Waals surface area (Å²) in [4.78, 5) is 24.8. The molecule has 1 N–H and O–H groups in total. The number of rotatable bonds is 5. The number of hydrogen-bond donors (Lipinski definition) is 1. The van der Waals surface area contributed by atoms with Gasteiger partial charge in [0.1, 0.15) is 5.69 Å². The highest BCUT2D eigenvalue weighted by atomic mass is 32.1. The van der Waals surface area contributed by atoms with Gasteiger partial charge in [-0.25, -0.2) is 9.17 Å². The minimum Gasteiger partial charge on any atom is -0.462 e. The van der Waals surface area contributed by atoms with Crippen molar-refractivity contribution >= 4 is 23.4 Å². The number of ether oxygens (including phenoxy) is 2. The fourth-order valence-corrected chi connectivity index (χ4v) is 4.50. The number of aromatic nitrogens is 3. The largest absolute Gasteiger partial charge is 0.462 e. The molecule has 0 radical (unpaired) electrons. The number of esters is 1. The van der Waals surface area contributed by atoms with Crippen LogP contribution in [0.15, 0.2) is 11.6 Å². The van der Waals surface area contributed by atoms with E-state index >= 15 is 0 Å². The second-order valence-corrected chi connectivity index (χ2v) is 8.02. The maximum absolute atomic E-state index is 12.8. The molecule has 0 bridgehead atoms. The Morgan fingerprint density at radius 2 is 2.25 bits per heavy atom. The Bertz CT molecular complexity index is 856. The first-order valence-corrected chi connectivity index (χ1v) is 10.5. The standard InChI is InChI=1S/C19H24N4O4S/c1-2-23-16-14(9-19(12-20-17(16)24)4-7-26-8-5-19)15(22-23)3-6-27-18(25)13-10-21-28-11-13/h10-11H,2-9,12H2,1H3,(H,20,24). The summed E-state index contributed by atoms with van der Waals surface area (Å²) in [5.74, 6) is -0.450. The van der Waals surface area contributed by atoms with Crippen LogP contribution in [0.1, 0.15) is 51.9 Å². The molecule has 8 nitrogen and oxygen atoms in total. The van der Waals surface area contributed by atoms with Crippen molar-refractivity contribution in [1.82, 2.24) is 19.5 Å². The van der Waals surface area contributed by atoms with Crippen LogP contribution in [-0.4, -0.2) is 52.4 Å². The average molecular weight is 404 g/mol. The molecule has 4 heterocycles. The Hall–Kier alpha value is -2.26. The van der Waals surface area contributed by atoms with Crippen LogP contribution in [-0.2, 0) is 28.9 Å². The molecule has 0 unspecified atom stereocenters. The van der Waals surface area contributed by atoms with Crippen molar-refractivity contribution < 1.29 is 19.1 Å². The SMILES string of the molecule is CCn1nc(CCOC(=O)c2cnsc2)c2c1C(=O)NCC1(CCOCC1)C2. The number of nitrogens with zero attached hydrogens (tertiary/aromatic N) is 3. The van der Waals surface area contributed by atoms with E-state index in [0.29, 0.717) is 30.8 Å². The molecular weight excluding hydrogens is 380 g/mol. The van der Waals surface area contributed by atoms with Crippen molar-refractivity contribution in [2.24, 2.45) is 5.41 Å². The third kappa shape index (κ3) is 3.68. The number of carbonyl (C=O) groups excluding carboxylic acids is 2. The maximum atomic E-state index is 12.8. The van der Waals surface area contributed by atoms with Gasteiger partial charge in [-0.15, -0.1) is 0 Å². The van der Waals surface area contributed by atoms with Crippen LogP contribution >= 0.6 is 11.5 Å². The Morgan fingerprint density at radius 3 is 2.96 bits per heavy atom. The average Bonchev–Trinajstić information content (AvgIpc) is 3.33. The van der Waals surface area contributed by atoms with Gasteiger partial charge in [-0.2, -0.15) is 5.10 Å². The zero-order valence-corrected chi connectivity index (χ0v) is 16.7. The number of hydrogen-bond acceptors (Lipinski definition) is 7. The zero-order chi connectivity index (χ0) is 19.6. The molecule has 1 saturated heterocycles. The van der Waals surface area contributed by atoms with Crippen LogP contribution in [0.25, 0.3) is 0 Å². The van der Waals surface area contributed by atoms with E-state index in [-0.39, 0.29) is 23.9 Å². The number of aryl methyl sites for hydroxylation is 1. The van der Waals surface area contributed by atoms with E-state index in [4.69, 9.17) is 9.47 Å². The van der Waals surface area contributed by atoms with Crippen molar-refractivity contribution in [3.8, 4) is 0 Å². The second-order valence-electron chi connectivity index (χ2n) is 7.36. The Labute approximate surface area is 167 Å². The van der Waals surface area contributed by atoms with Crippen molar-refractivity contribution in [1.29, 1.82) is 0 Å². The number of fused-ring (bicyclic) bond motifs is 1. The van der Waals surface area contributed by atoms with Gasteiger partial charge < -0.3 is 14.8 Å². The van der Waals surface area contributed by atoms with Crippen LogP contribution in [0.5, 0.6) is 0 Å². The van der Waals surface area contributed by atoms with Gasteiger partial charge in [-0.3, -0.25) is 9.48 Å². The Kier molecular flexibility index (Phi) is 5.45. The number of amides is 1. The first-order chi connectivity index (χ1) is 13.6. The second kappa shape index (κ2) is 8.00. The maximum Gasteiger partial charge on any atom is 0.340 e. The Balaban J connectivity index is 1.55. The van der Waals surface area contributed by atoms with Crippen LogP contribution in [0.3, 0.4) is 0 Å². The molecule has 150 valence electrons. The summed E-state index contributed by atoms with van der Waals surface area (Å²) >= 11 is 1.22. The van der Waals surface area contributed by atoms with Gasteiger partial charge in [0.05, 0.1) is 24.1 Å². The lowest BCUT2D eigenvalue weighted by atomic mass is 9.75. The van der Waals surface area contributed by atoms with Crippen LogP contribution < -0.4 is 5.32 Å². The van der Waals surface area contributed by atoms with Crippen LogP contribution in [0.4, 0.5) is 0 Å². The highest BCUT2D eigenvalue weighted by molar-refractivity contribution is 7.03. The molecule has 1 spiro atoms. The smallest absolute Gasteiger partial charge is 0.340 e. The minimum absolute atomic E-state index is 0.00847. The molecule has 2 aliphatic heterocycles. The van der Waals surface area contributed by atoms with Crippen molar-refractivity contribution in [3.63, 3.8) is 0 Å². The van der Waals surface area contributed by atoms with Gasteiger partial charge in [0.25, 0.3) is 5.91 Å². The quantitative estimate of drug-likeness (QED) is 0.764. The molecule has 9 heteroatoms. The van der Waals surface area contributed by atoms with Crippen molar-refractivity contribution in [3.05, 3.63) is 34.1 Å². The van der Waals surface area contributed by atoms with Crippen LogP contribution in [0, 0.1) is 5.41 Å². The number of nitrogens with one attached hydrogen (secondary N) is 1. The third-order valence-electron chi connectivity index (χ3n) is 5.62. The molecule has 28 heavy (non-hydrogen) atoms. The summed E-state index contributed by atoms with van der Waals surface area (Å²) in [6, 6.07) is 0. The molecule has 0 aromatic carbocycles. The molecule has 2 aromatic heterocycles. The van der Waals surface area contributed by atoms with E-state index in [2.05, 4.69) is 14.8 Å². The van der Waals surface area contributed by atoms with Gasteiger partial charge in [-0.1, -0.05) is 0 Å². The zero-order valence-electron chi connectivity index (χ0n) is 15.9. The van der Waals surface area contributed by atoms with E-state index in [1.54, 1.807) is 10.1 Å². The van der Waals surface area contributed by atoms with Gasteiger partial charge in [0, 0.05) is 43.7 Å². The summed E-state index contributed by atoms with van der Waals surface area (Å²) in [6.45, 7) is 4.91. The van der Waals surface area contributed by atoms with Crippen LogP contribution in [0.2, 0.25) is 0 Å². The minimum atomic E-state index is -0.381. The van der Waals surface area contributed by atoms with E-state index in [1.165, 1.54) is 17.7 Å². The molecule has 0 saturated carbocycles. The lowest BCUT2D eigenvalue weighted by molar-refractivity contribution is 0.0160. The fourth-order valence-electron chi connectivity index (χ4n) is 3.99. The third-order valence-corrected chi connectivity index (χ3v) is 6.20. The highest BCUT2D eigenvalue weighted by Crippen LogP contribution is 2.37. The Morgan fingerprint density at radius 1 is 1.43 bits per heavy atom. The molecular formula is C19H24N4O4S. The van der Waals surface area contributed by atoms with Crippen molar-refractivity contribution in [2.45, 2.75) is 39.2 Å². The summed E-state index contributed by atoms with van der Waals surface area (Å²) in [6.07, 6.45) is 4.62. The number of carbonyl (C=O) groups is 2. The predicted molar refractivity (Wildman–Crippen MR) is 103 cm³/mol. The lowest BCUT2D eigenvalue weighted by Gasteiger charge is -2.36. The van der Waals surface area contributed by atoms with Gasteiger partial charge in [0.2, 0.25) is 0 Å². The van der Waals surface area contributed by atoms with E-state index in [0.717, 1.165) is 43.7 Å². The predicted octanol–water partition coefficient (Wildman–Crippen LogP) is 1.84. The summed E-state index contributed by atoms with van der Waals surface area (Å²) < 4.78 is 16.6. The molecule has 0 aliphatic carbocycles. The molecule has 1 amide bonds. The van der Waals surface area contributed by atoms with Gasteiger partial charge >= 0.3 is 5.97 Å². The normalized spacial score (nSPS) is 18.4. The molecule has 0 atom stereocenters. The highest BCUT2D eigenvalue weighted by Gasteiger charge is 2.39. The summed E-state index contributed by atoms with van der Waals surface area (Å²) in [7, 11) is 0. The lowest BCUT2D eigenvalue weighted by Crippen LogP contribution is -2.40. The van der Waals surface area contributed by atoms with E-state index in [1.807, 2.05) is 6.92 Å². The summed E-state index contributed by atoms with van der Waals surface area (Å²) in [5, 5.41) is 9.42. The monoisotopic (exact) mass is 404 g/mol. The fraction of sp³-hybridized carbons (Fsp3) is 0.579. The van der Waals surface area contributed by atoms with Gasteiger partial charge in [0.15, 0.2) is 0 Å². The molecule has 2 aromatic rings. The van der Waals surface area contributed by atoms with E-state index in [9.17, 15) is 9.59 Å². The summed E-state index contributed by atoms with van der Waals surface area (Å²) in [5.41, 5.74) is 2.95. The molecule has 4 rings (SSSR count). The molecule has 1 fully saturated rings. The topological polar surface area (TPSA) is 95.3 Å². The first-order valence-electron chi connectivity index (χ1n) is 9.63. The van der Waals surface area contributed by atoms with Gasteiger partial charge in [-0.05, 0) is 43.1 Å². The first kappa shape index (κ1) is 19.1. The van der Waals surface area contributed by atoms with E-state index < -0.39 is 0 Å².